The smallest absolute Gasteiger partial charge is 0.0193 e. The predicted octanol–water partition coefficient (Wildman–Crippen LogP) is 5.96. The summed E-state index contributed by atoms with van der Waals surface area (Å²) < 4.78 is 0. The lowest BCUT2D eigenvalue weighted by Crippen LogP contribution is -2.57. The summed E-state index contributed by atoms with van der Waals surface area (Å²) in [6.45, 7) is 10.0. The van der Waals surface area contributed by atoms with Crippen LogP contribution in [0, 0.1) is 35.0 Å². The minimum Gasteiger partial charge on any atom is -0.659 e. The van der Waals surface area contributed by atoms with Crippen molar-refractivity contribution in [3.05, 3.63) is 16.5 Å². The zero-order chi connectivity index (χ0) is 15.7. The van der Waals surface area contributed by atoms with Crippen LogP contribution in [0.5, 0.6) is 0 Å². The zero-order valence-electron chi connectivity index (χ0n) is 15.3. The second-order valence-electron chi connectivity index (χ2n) is 9.86. The van der Waals surface area contributed by atoms with Crippen molar-refractivity contribution in [3.8, 4) is 0 Å². The average molecular weight is 301 g/mol. The summed E-state index contributed by atoms with van der Waals surface area (Å²) in [6.07, 6.45) is 9.80. The molecule has 0 amide bonds. The first kappa shape index (κ1) is 15.2. The summed E-state index contributed by atoms with van der Waals surface area (Å²) in [6, 6.07) is 0. The molecule has 4 rings (SSSR count). The SMILES string of the molecule is C[N-]C12CCC3CC(C)(C)CC4=C3C1C(CCC2C)C(C)C4. The Morgan fingerprint density at radius 2 is 1.86 bits per heavy atom. The Kier molecular flexibility index (Phi) is 3.36. The van der Waals surface area contributed by atoms with Gasteiger partial charge in [-0.25, -0.2) is 0 Å². The molecule has 0 aromatic heterocycles. The van der Waals surface area contributed by atoms with Gasteiger partial charge >= 0.3 is 0 Å². The first-order valence-corrected chi connectivity index (χ1v) is 9.71. The van der Waals surface area contributed by atoms with Gasteiger partial charge in [-0.2, -0.15) is 7.05 Å². The first-order chi connectivity index (χ1) is 10.4. The maximum absolute atomic E-state index is 5.13. The standard InChI is InChI=1S/C21H34N/c1-13-10-16-12-20(3,4)11-15-8-9-21(22-5)14(2)6-7-17(13)19(21)18(15)16/h13-15,17,19H,6-12H2,1-5H3/q-1. The van der Waals surface area contributed by atoms with Crippen LogP contribution in [-0.4, -0.2) is 12.6 Å². The van der Waals surface area contributed by atoms with Gasteiger partial charge in [0.05, 0.1) is 0 Å². The van der Waals surface area contributed by atoms with E-state index in [1.165, 1.54) is 44.9 Å². The van der Waals surface area contributed by atoms with Crippen LogP contribution in [-0.2, 0) is 0 Å². The molecule has 0 bridgehead atoms. The van der Waals surface area contributed by atoms with E-state index in [4.69, 9.17) is 5.32 Å². The van der Waals surface area contributed by atoms with Gasteiger partial charge in [0.25, 0.3) is 0 Å². The highest BCUT2D eigenvalue weighted by molar-refractivity contribution is 5.38. The van der Waals surface area contributed by atoms with Gasteiger partial charge in [-0.1, -0.05) is 57.6 Å². The Morgan fingerprint density at radius 1 is 1.09 bits per heavy atom. The van der Waals surface area contributed by atoms with Gasteiger partial charge in [-0.3, -0.25) is 0 Å². The predicted molar refractivity (Wildman–Crippen MR) is 93.9 cm³/mol. The zero-order valence-corrected chi connectivity index (χ0v) is 15.3. The van der Waals surface area contributed by atoms with E-state index in [2.05, 4.69) is 34.7 Å². The van der Waals surface area contributed by atoms with E-state index in [-0.39, 0.29) is 5.54 Å². The van der Waals surface area contributed by atoms with Crippen LogP contribution in [0.3, 0.4) is 0 Å². The molecule has 6 unspecified atom stereocenters. The summed E-state index contributed by atoms with van der Waals surface area (Å²) in [7, 11) is 2.13. The molecule has 0 aromatic carbocycles. The molecular weight excluding hydrogens is 266 g/mol. The van der Waals surface area contributed by atoms with Crippen LogP contribution in [0.1, 0.15) is 72.6 Å². The quantitative estimate of drug-likeness (QED) is 0.531. The molecule has 1 nitrogen and oxygen atoms in total. The minimum atomic E-state index is 0.288. The van der Waals surface area contributed by atoms with Gasteiger partial charge in [-0.15, -0.1) is 5.54 Å². The van der Waals surface area contributed by atoms with Gasteiger partial charge in [0, 0.05) is 0 Å². The number of hydrogen-bond acceptors (Lipinski definition) is 0. The van der Waals surface area contributed by atoms with E-state index in [0.717, 1.165) is 29.6 Å². The second-order valence-corrected chi connectivity index (χ2v) is 9.86. The summed E-state index contributed by atoms with van der Waals surface area (Å²) in [4.78, 5) is 0. The van der Waals surface area contributed by atoms with Crippen molar-refractivity contribution in [1.82, 2.24) is 0 Å². The van der Waals surface area contributed by atoms with Crippen molar-refractivity contribution < 1.29 is 0 Å². The molecule has 22 heavy (non-hydrogen) atoms. The molecule has 0 N–H and O–H groups in total. The third-order valence-corrected chi connectivity index (χ3v) is 8.04. The molecular formula is C21H34N-. The second kappa shape index (κ2) is 4.85. The van der Waals surface area contributed by atoms with E-state index >= 15 is 0 Å². The van der Waals surface area contributed by atoms with Gasteiger partial charge in [0.15, 0.2) is 0 Å². The Labute approximate surface area is 137 Å². The fourth-order valence-electron chi connectivity index (χ4n) is 7.21. The maximum atomic E-state index is 5.13. The fourth-order valence-corrected chi connectivity index (χ4v) is 7.21. The Morgan fingerprint density at radius 3 is 2.59 bits per heavy atom. The van der Waals surface area contributed by atoms with Crippen molar-refractivity contribution in [1.29, 1.82) is 0 Å². The molecule has 6 atom stereocenters. The average Bonchev–Trinajstić information content (AvgIpc) is 2.45. The highest BCUT2D eigenvalue weighted by atomic mass is 15.0. The number of nitrogens with zero attached hydrogens (tertiary/aromatic N) is 1. The molecule has 124 valence electrons. The molecule has 1 heteroatoms. The van der Waals surface area contributed by atoms with Crippen molar-refractivity contribution in [2.75, 3.05) is 7.05 Å². The summed E-state index contributed by atoms with van der Waals surface area (Å²) in [5, 5.41) is 5.13. The van der Waals surface area contributed by atoms with Crippen molar-refractivity contribution >= 4 is 0 Å². The van der Waals surface area contributed by atoms with E-state index in [0.29, 0.717) is 5.41 Å². The maximum Gasteiger partial charge on any atom is -0.0193 e. The Hall–Kier alpha value is -0.300. The van der Waals surface area contributed by atoms with Crippen molar-refractivity contribution in [2.24, 2.45) is 35.0 Å². The first-order valence-electron chi connectivity index (χ1n) is 9.71. The van der Waals surface area contributed by atoms with Crippen LogP contribution in [0.25, 0.3) is 5.32 Å². The largest absolute Gasteiger partial charge is 0.659 e. The molecule has 4 aliphatic rings. The molecule has 2 fully saturated rings. The van der Waals surface area contributed by atoms with Crippen LogP contribution in [0.4, 0.5) is 0 Å². The van der Waals surface area contributed by atoms with Crippen LogP contribution in [0.15, 0.2) is 11.1 Å². The summed E-state index contributed by atoms with van der Waals surface area (Å²) in [5.41, 5.74) is 4.62. The normalized spacial score (nSPS) is 49.8. The van der Waals surface area contributed by atoms with Crippen LogP contribution < -0.4 is 0 Å². The van der Waals surface area contributed by atoms with Gasteiger partial charge in [0.1, 0.15) is 0 Å². The third-order valence-electron chi connectivity index (χ3n) is 8.04. The third kappa shape index (κ3) is 1.93. The number of hydrogen-bond donors (Lipinski definition) is 0. The Bertz CT molecular complexity index is 502. The fraction of sp³-hybridized carbons (Fsp3) is 0.905. The topological polar surface area (TPSA) is 14.1 Å². The molecule has 4 aliphatic carbocycles. The van der Waals surface area contributed by atoms with Crippen molar-refractivity contribution in [3.63, 3.8) is 0 Å². The highest BCUT2D eigenvalue weighted by Crippen LogP contribution is 2.65. The van der Waals surface area contributed by atoms with Gasteiger partial charge in [0.2, 0.25) is 0 Å². The minimum absolute atomic E-state index is 0.288. The van der Waals surface area contributed by atoms with E-state index in [9.17, 15) is 0 Å². The molecule has 0 heterocycles. The molecule has 0 aromatic rings. The molecule has 2 saturated carbocycles. The van der Waals surface area contributed by atoms with Gasteiger partial charge in [-0.05, 0) is 61.2 Å². The monoisotopic (exact) mass is 300 g/mol. The van der Waals surface area contributed by atoms with E-state index in [1.54, 1.807) is 0 Å². The van der Waals surface area contributed by atoms with Crippen LogP contribution in [0.2, 0.25) is 0 Å². The molecule has 0 saturated heterocycles. The summed E-state index contributed by atoms with van der Waals surface area (Å²) in [5.74, 6) is 4.27. The highest BCUT2D eigenvalue weighted by Gasteiger charge is 2.54. The Balaban J connectivity index is 1.85. The molecule has 0 spiro atoms. The van der Waals surface area contributed by atoms with Crippen molar-refractivity contribution in [2.45, 2.75) is 78.2 Å². The van der Waals surface area contributed by atoms with E-state index < -0.39 is 0 Å². The lowest BCUT2D eigenvalue weighted by atomic mass is 9.45. The van der Waals surface area contributed by atoms with E-state index in [1.807, 2.05) is 11.1 Å². The lowest BCUT2D eigenvalue weighted by molar-refractivity contribution is 0.0181. The van der Waals surface area contributed by atoms with Gasteiger partial charge < -0.3 is 5.32 Å². The number of rotatable bonds is 1. The summed E-state index contributed by atoms with van der Waals surface area (Å²) >= 11 is 0. The molecule has 0 aliphatic heterocycles. The number of allylic oxidation sites excluding steroid dienone is 1. The van der Waals surface area contributed by atoms with Crippen LogP contribution >= 0.6 is 0 Å². The molecule has 0 radical (unpaired) electrons. The lowest BCUT2D eigenvalue weighted by Gasteiger charge is -2.68.